The molecule has 0 aromatic heterocycles. The molecule has 0 heterocycles. The first-order valence-corrected chi connectivity index (χ1v) is 7.52. The lowest BCUT2D eigenvalue weighted by Gasteiger charge is -2.19. The summed E-state index contributed by atoms with van der Waals surface area (Å²) in [6.07, 6.45) is 12.8. The Kier molecular flexibility index (Phi) is 6.57. The second-order valence-electron chi connectivity index (χ2n) is 5.81. The molecule has 1 nitrogen and oxygen atoms in total. The largest absolute Gasteiger partial charge is 0.458 e. The fraction of sp³-hybridized carbons (Fsp3) is 0.474. The minimum absolute atomic E-state index is 0.570. The summed E-state index contributed by atoms with van der Waals surface area (Å²) < 4.78 is 6.12. The molecule has 0 saturated carbocycles. The molecular formula is C19H28O. The molecular weight excluding hydrogens is 244 g/mol. The second-order valence-corrected chi connectivity index (χ2v) is 5.81. The maximum Gasteiger partial charge on any atom is 0.126 e. The summed E-state index contributed by atoms with van der Waals surface area (Å²) in [4.78, 5) is 0. The summed E-state index contributed by atoms with van der Waals surface area (Å²) in [6, 6.07) is 0. The standard InChI is InChI=1S/C19H28O/c1-7-9-18(13-15(4)12-14(2)3)20-19-11-8-10-16(5)17(19)6/h8-9,11-13,16H,7,10H2,1-6H3/b15-13+,18-9+. The zero-order chi connectivity index (χ0) is 15.1. The maximum atomic E-state index is 6.12. The molecule has 0 aromatic carbocycles. The first-order chi connectivity index (χ1) is 9.43. The van der Waals surface area contributed by atoms with Crippen LogP contribution in [0.25, 0.3) is 0 Å². The third kappa shape index (κ3) is 5.24. The summed E-state index contributed by atoms with van der Waals surface area (Å²) in [5.74, 6) is 2.51. The van der Waals surface area contributed by atoms with Crippen molar-refractivity contribution in [3.63, 3.8) is 0 Å². The molecule has 0 N–H and O–H groups in total. The van der Waals surface area contributed by atoms with Crippen molar-refractivity contribution in [2.24, 2.45) is 5.92 Å². The average Bonchev–Trinajstić information content (AvgIpc) is 2.34. The number of hydrogen-bond donors (Lipinski definition) is 0. The van der Waals surface area contributed by atoms with Gasteiger partial charge in [-0.15, -0.1) is 0 Å². The van der Waals surface area contributed by atoms with E-state index in [0.29, 0.717) is 5.92 Å². The number of allylic oxidation sites excluding steroid dienone is 8. The lowest BCUT2D eigenvalue weighted by Crippen LogP contribution is -2.05. The third-order valence-corrected chi connectivity index (χ3v) is 3.41. The van der Waals surface area contributed by atoms with Gasteiger partial charge in [0.15, 0.2) is 0 Å². The predicted octanol–water partition coefficient (Wildman–Crippen LogP) is 6.08. The molecule has 0 bridgehead atoms. The Morgan fingerprint density at radius 2 is 2.00 bits per heavy atom. The van der Waals surface area contributed by atoms with Gasteiger partial charge in [0.2, 0.25) is 0 Å². The van der Waals surface area contributed by atoms with Crippen LogP contribution in [0.5, 0.6) is 0 Å². The van der Waals surface area contributed by atoms with Crippen molar-refractivity contribution in [1.29, 1.82) is 0 Å². The lowest BCUT2D eigenvalue weighted by atomic mass is 9.93. The van der Waals surface area contributed by atoms with Crippen molar-refractivity contribution >= 4 is 0 Å². The van der Waals surface area contributed by atoms with Gasteiger partial charge < -0.3 is 4.74 Å². The van der Waals surface area contributed by atoms with E-state index in [4.69, 9.17) is 4.74 Å². The first kappa shape index (κ1) is 16.6. The van der Waals surface area contributed by atoms with Crippen LogP contribution in [0.4, 0.5) is 0 Å². The molecule has 20 heavy (non-hydrogen) atoms. The van der Waals surface area contributed by atoms with Crippen LogP contribution in [0.2, 0.25) is 0 Å². The highest BCUT2D eigenvalue weighted by atomic mass is 16.5. The average molecular weight is 272 g/mol. The zero-order valence-corrected chi connectivity index (χ0v) is 13.8. The SMILES string of the molecule is CC/C=C(\C=C(/C)C=C(C)C)OC1=C(C)C(C)CC=C1. The molecule has 1 unspecified atom stereocenters. The van der Waals surface area contributed by atoms with E-state index in [-0.39, 0.29) is 0 Å². The second kappa shape index (κ2) is 7.94. The quantitative estimate of drug-likeness (QED) is 0.435. The molecule has 0 fully saturated rings. The van der Waals surface area contributed by atoms with Gasteiger partial charge in [-0.1, -0.05) is 31.6 Å². The third-order valence-electron chi connectivity index (χ3n) is 3.41. The van der Waals surface area contributed by atoms with E-state index in [9.17, 15) is 0 Å². The van der Waals surface area contributed by atoms with E-state index in [0.717, 1.165) is 24.4 Å². The van der Waals surface area contributed by atoms with Gasteiger partial charge in [-0.2, -0.15) is 0 Å². The summed E-state index contributed by atoms with van der Waals surface area (Å²) >= 11 is 0. The summed E-state index contributed by atoms with van der Waals surface area (Å²) in [5, 5.41) is 0. The van der Waals surface area contributed by atoms with Crippen LogP contribution in [-0.4, -0.2) is 0 Å². The van der Waals surface area contributed by atoms with Crippen molar-refractivity contribution in [3.05, 3.63) is 58.6 Å². The maximum absolute atomic E-state index is 6.12. The highest BCUT2D eigenvalue weighted by molar-refractivity contribution is 5.32. The fourth-order valence-corrected chi connectivity index (χ4v) is 2.22. The molecule has 1 heteroatoms. The number of ether oxygens (including phenoxy) is 1. The smallest absolute Gasteiger partial charge is 0.126 e. The highest BCUT2D eigenvalue weighted by Crippen LogP contribution is 2.27. The van der Waals surface area contributed by atoms with Crippen LogP contribution in [-0.2, 0) is 4.74 Å². The molecule has 1 aliphatic rings. The van der Waals surface area contributed by atoms with Crippen LogP contribution in [0.3, 0.4) is 0 Å². The normalized spacial score (nSPS) is 20.2. The van der Waals surface area contributed by atoms with Crippen molar-refractivity contribution in [1.82, 2.24) is 0 Å². The molecule has 0 amide bonds. The fourth-order valence-electron chi connectivity index (χ4n) is 2.22. The molecule has 0 radical (unpaired) electrons. The Labute approximate surface area is 124 Å². The molecule has 1 atom stereocenters. The Balaban J connectivity index is 2.95. The van der Waals surface area contributed by atoms with Crippen LogP contribution < -0.4 is 0 Å². The van der Waals surface area contributed by atoms with Crippen LogP contribution in [0.1, 0.15) is 54.4 Å². The molecule has 0 spiro atoms. The molecule has 0 aliphatic heterocycles. The molecule has 0 aromatic rings. The van der Waals surface area contributed by atoms with E-state index in [2.05, 4.69) is 71.9 Å². The van der Waals surface area contributed by atoms with E-state index in [1.807, 2.05) is 0 Å². The Hall–Kier alpha value is -1.50. The monoisotopic (exact) mass is 272 g/mol. The predicted molar refractivity (Wildman–Crippen MR) is 88.3 cm³/mol. The van der Waals surface area contributed by atoms with E-state index in [1.54, 1.807) is 0 Å². The zero-order valence-electron chi connectivity index (χ0n) is 13.8. The molecule has 110 valence electrons. The van der Waals surface area contributed by atoms with Gasteiger partial charge in [-0.3, -0.25) is 0 Å². The van der Waals surface area contributed by atoms with E-state index in [1.165, 1.54) is 16.7 Å². The van der Waals surface area contributed by atoms with Crippen molar-refractivity contribution in [3.8, 4) is 0 Å². The molecule has 1 aliphatic carbocycles. The highest BCUT2D eigenvalue weighted by Gasteiger charge is 2.13. The Morgan fingerprint density at radius 3 is 2.60 bits per heavy atom. The molecule has 0 saturated heterocycles. The van der Waals surface area contributed by atoms with Crippen molar-refractivity contribution in [2.75, 3.05) is 0 Å². The Bertz CT molecular complexity index is 480. The van der Waals surface area contributed by atoms with Gasteiger partial charge in [0.25, 0.3) is 0 Å². The molecule has 1 rings (SSSR count). The summed E-state index contributed by atoms with van der Waals surface area (Å²) in [7, 11) is 0. The van der Waals surface area contributed by atoms with Crippen LogP contribution >= 0.6 is 0 Å². The Morgan fingerprint density at radius 1 is 1.30 bits per heavy atom. The number of hydrogen-bond acceptors (Lipinski definition) is 1. The minimum atomic E-state index is 0.570. The van der Waals surface area contributed by atoms with E-state index < -0.39 is 0 Å². The van der Waals surface area contributed by atoms with Crippen molar-refractivity contribution in [2.45, 2.75) is 54.4 Å². The van der Waals surface area contributed by atoms with Gasteiger partial charge in [-0.05, 0) is 75.8 Å². The summed E-state index contributed by atoms with van der Waals surface area (Å²) in [6.45, 7) is 12.9. The lowest BCUT2D eigenvalue weighted by molar-refractivity contribution is 0.320. The van der Waals surface area contributed by atoms with Gasteiger partial charge in [-0.25, -0.2) is 0 Å². The van der Waals surface area contributed by atoms with Gasteiger partial charge in [0.1, 0.15) is 11.5 Å². The van der Waals surface area contributed by atoms with Crippen LogP contribution in [0, 0.1) is 5.92 Å². The van der Waals surface area contributed by atoms with Gasteiger partial charge in [0, 0.05) is 0 Å². The van der Waals surface area contributed by atoms with Gasteiger partial charge in [0.05, 0.1) is 0 Å². The minimum Gasteiger partial charge on any atom is -0.458 e. The van der Waals surface area contributed by atoms with Crippen molar-refractivity contribution < 1.29 is 4.74 Å². The van der Waals surface area contributed by atoms with Crippen LogP contribution in [0.15, 0.2) is 58.6 Å². The van der Waals surface area contributed by atoms with E-state index >= 15 is 0 Å². The first-order valence-electron chi connectivity index (χ1n) is 7.52. The topological polar surface area (TPSA) is 9.23 Å². The van der Waals surface area contributed by atoms with Gasteiger partial charge >= 0.3 is 0 Å². The number of rotatable bonds is 5. The summed E-state index contributed by atoms with van der Waals surface area (Å²) in [5.41, 5.74) is 3.86.